The van der Waals surface area contributed by atoms with Crippen LogP contribution in [0, 0.1) is 5.92 Å². The molecule has 9 heteroatoms. The third-order valence-electron chi connectivity index (χ3n) is 6.39. The highest BCUT2D eigenvalue weighted by atomic mass is 16.7. The molecule has 200 valence electrons. The van der Waals surface area contributed by atoms with Gasteiger partial charge in [0, 0.05) is 51.1 Å². The average molecular weight is 505 g/mol. The van der Waals surface area contributed by atoms with Crippen LogP contribution in [0.2, 0.25) is 0 Å². The number of nitrogens with one attached hydrogen (secondary N) is 1. The van der Waals surface area contributed by atoms with Crippen LogP contribution in [0.3, 0.4) is 0 Å². The van der Waals surface area contributed by atoms with E-state index in [4.69, 9.17) is 24.1 Å². The monoisotopic (exact) mass is 504 g/mol. The molecule has 1 saturated heterocycles. The summed E-state index contributed by atoms with van der Waals surface area (Å²) in [5.74, 6) is 0.0630. The average Bonchev–Trinajstić information content (AvgIpc) is 3.31. The Hall–Kier alpha value is -2.46. The lowest BCUT2D eigenvalue weighted by atomic mass is 9.81. The Kier molecular flexibility index (Phi) is 12.2. The van der Waals surface area contributed by atoms with E-state index in [-0.39, 0.29) is 36.0 Å². The van der Waals surface area contributed by atoms with E-state index in [0.29, 0.717) is 65.4 Å². The lowest BCUT2D eigenvalue weighted by Gasteiger charge is -2.37. The smallest absolute Gasteiger partial charge is 0.286 e. The van der Waals surface area contributed by atoms with Crippen LogP contribution in [0.4, 0.5) is 0 Å². The van der Waals surface area contributed by atoms with Crippen molar-refractivity contribution in [3.63, 3.8) is 0 Å². The van der Waals surface area contributed by atoms with Gasteiger partial charge in [-0.15, -0.1) is 0 Å². The van der Waals surface area contributed by atoms with Gasteiger partial charge < -0.3 is 34.3 Å². The second-order valence-electron chi connectivity index (χ2n) is 8.90. The second-order valence-corrected chi connectivity index (χ2v) is 8.90. The molecule has 1 aromatic rings. The van der Waals surface area contributed by atoms with E-state index in [1.165, 1.54) is 0 Å². The zero-order valence-corrected chi connectivity index (χ0v) is 21.2. The van der Waals surface area contributed by atoms with Crippen molar-refractivity contribution in [1.82, 2.24) is 10.2 Å². The van der Waals surface area contributed by atoms with Gasteiger partial charge in [-0.3, -0.25) is 9.59 Å². The molecule has 3 atom stereocenters. The predicted molar refractivity (Wildman–Crippen MR) is 134 cm³/mol. The van der Waals surface area contributed by atoms with Crippen LogP contribution in [-0.2, 0) is 28.5 Å². The van der Waals surface area contributed by atoms with Crippen LogP contribution < -0.4 is 5.32 Å². The van der Waals surface area contributed by atoms with Gasteiger partial charge in [0.2, 0.25) is 12.2 Å². The minimum atomic E-state index is -0.581. The molecule has 1 fully saturated rings. The van der Waals surface area contributed by atoms with Crippen molar-refractivity contribution in [3.05, 3.63) is 47.7 Å². The van der Waals surface area contributed by atoms with Crippen molar-refractivity contribution in [3.8, 4) is 0 Å². The standard InChI is InChI=1S/C27H40N2O7/c1-2-35-27-22(11-16-33-18-19-34-17-15-30)23(21-8-4-3-5-9-21)20-24(36-27)26(32)28-12-7-14-29-13-6-10-25(29)31/h3-5,8-9,20,22-23,27,30H,2,6-7,10-19H2,1H3,(H,28,32)/t22-,23+,27+/m0/s1. The first-order chi connectivity index (χ1) is 17.6. The van der Waals surface area contributed by atoms with E-state index >= 15 is 0 Å². The molecular formula is C27H40N2O7. The Morgan fingerprint density at radius 3 is 2.64 bits per heavy atom. The summed E-state index contributed by atoms with van der Waals surface area (Å²) in [6.07, 6.45) is 4.22. The summed E-state index contributed by atoms with van der Waals surface area (Å²) in [7, 11) is 0. The molecule has 36 heavy (non-hydrogen) atoms. The maximum absolute atomic E-state index is 13.0. The molecule has 3 rings (SSSR count). The molecule has 0 aromatic heterocycles. The van der Waals surface area contributed by atoms with Crippen molar-refractivity contribution in [2.75, 3.05) is 59.3 Å². The van der Waals surface area contributed by atoms with Crippen molar-refractivity contribution < 1.29 is 33.6 Å². The van der Waals surface area contributed by atoms with Crippen LogP contribution in [0.1, 0.15) is 44.1 Å². The van der Waals surface area contributed by atoms with Gasteiger partial charge in [0.05, 0.1) is 26.4 Å². The first-order valence-corrected chi connectivity index (χ1v) is 13.0. The highest BCUT2D eigenvalue weighted by Crippen LogP contribution is 2.38. The molecular weight excluding hydrogens is 464 g/mol. The van der Waals surface area contributed by atoms with E-state index in [1.807, 2.05) is 36.1 Å². The number of carbonyl (C=O) groups is 2. The fourth-order valence-electron chi connectivity index (χ4n) is 4.60. The summed E-state index contributed by atoms with van der Waals surface area (Å²) in [5.41, 5.74) is 1.08. The number of likely N-dealkylation sites (tertiary alicyclic amines) is 1. The quantitative estimate of drug-likeness (QED) is 0.333. The molecule has 1 aromatic carbocycles. The first-order valence-electron chi connectivity index (χ1n) is 13.0. The molecule has 0 radical (unpaired) electrons. The molecule has 9 nitrogen and oxygen atoms in total. The van der Waals surface area contributed by atoms with Gasteiger partial charge in [0.1, 0.15) is 0 Å². The normalized spacial score (nSPS) is 21.8. The van der Waals surface area contributed by atoms with Crippen molar-refractivity contribution in [2.45, 2.75) is 44.8 Å². The van der Waals surface area contributed by atoms with Crippen LogP contribution in [0.5, 0.6) is 0 Å². The van der Waals surface area contributed by atoms with Crippen LogP contribution in [-0.4, -0.2) is 87.4 Å². The Labute approximate surface area is 213 Å². The summed E-state index contributed by atoms with van der Waals surface area (Å²) < 4.78 is 23.0. The van der Waals surface area contributed by atoms with Gasteiger partial charge in [0.15, 0.2) is 5.76 Å². The number of rotatable bonds is 16. The summed E-state index contributed by atoms with van der Waals surface area (Å²) in [6.45, 7) is 5.94. The molecule has 0 unspecified atom stereocenters. The molecule has 2 amide bonds. The SMILES string of the molecule is CCO[C@@H]1OC(C(=O)NCCCN2CCCC2=O)=C[C@H](c2ccccc2)[C@@H]1CCOCCOCCO. The number of ether oxygens (including phenoxy) is 4. The van der Waals surface area contributed by atoms with E-state index < -0.39 is 6.29 Å². The number of carbonyl (C=O) groups excluding carboxylic acids is 2. The van der Waals surface area contributed by atoms with Crippen molar-refractivity contribution >= 4 is 11.8 Å². The molecule has 2 N–H and O–H groups in total. The molecule has 0 bridgehead atoms. The third-order valence-corrected chi connectivity index (χ3v) is 6.39. The van der Waals surface area contributed by atoms with Gasteiger partial charge in [-0.05, 0) is 37.8 Å². The van der Waals surface area contributed by atoms with E-state index in [1.54, 1.807) is 0 Å². The summed E-state index contributed by atoms with van der Waals surface area (Å²) in [5, 5.41) is 11.7. The van der Waals surface area contributed by atoms with Crippen LogP contribution in [0.25, 0.3) is 0 Å². The van der Waals surface area contributed by atoms with Gasteiger partial charge in [-0.25, -0.2) is 0 Å². The Morgan fingerprint density at radius 1 is 1.17 bits per heavy atom. The number of nitrogens with zero attached hydrogens (tertiary/aromatic N) is 1. The van der Waals surface area contributed by atoms with Gasteiger partial charge >= 0.3 is 0 Å². The maximum Gasteiger partial charge on any atom is 0.286 e. The fourth-order valence-corrected chi connectivity index (χ4v) is 4.60. The van der Waals surface area contributed by atoms with Gasteiger partial charge in [-0.1, -0.05) is 30.3 Å². The lowest BCUT2D eigenvalue weighted by molar-refractivity contribution is -0.168. The number of aliphatic hydroxyl groups is 1. The highest BCUT2D eigenvalue weighted by Gasteiger charge is 2.38. The molecule has 0 aliphatic carbocycles. The maximum atomic E-state index is 13.0. The lowest BCUT2D eigenvalue weighted by Crippen LogP contribution is -2.40. The third kappa shape index (κ3) is 8.58. The Bertz CT molecular complexity index is 833. The molecule has 2 heterocycles. The number of hydrogen-bond donors (Lipinski definition) is 2. The Balaban J connectivity index is 1.61. The second kappa shape index (κ2) is 15.6. The minimum absolute atomic E-state index is 0.00539. The molecule has 0 saturated carbocycles. The molecule has 0 spiro atoms. The zero-order valence-electron chi connectivity index (χ0n) is 21.2. The van der Waals surface area contributed by atoms with Crippen molar-refractivity contribution in [1.29, 1.82) is 0 Å². The number of benzene rings is 1. The topological polar surface area (TPSA) is 107 Å². The zero-order chi connectivity index (χ0) is 25.6. The number of aliphatic hydroxyl groups excluding tert-OH is 1. The molecule has 2 aliphatic rings. The minimum Gasteiger partial charge on any atom is -0.459 e. The number of amides is 2. The largest absolute Gasteiger partial charge is 0.459 e. The summed E-state index contributed by atoms with van der Waals surface area (Å²) in [6, 6.07) is 10.0. The number of allylic oxidation sites excluding steroid dienone is 1. The molecule has 2 aliphatic heterocycles. The van der Waals surface area contributed by atoms with Crippen LogP contribution in [0.15, 0.2) is 42.2 Å². The Morgan fingerprint density at radius 2 is 1.94 bits per heavy atom. The highest BCUT2D eigenvalue weighted by molar-refractivity contribution is 5.91. The fraction of sp³-hybridized carbons (Fsp3) is 0.630. The van der Waals surface area contributed by atoms with Gasteiger partial charge in [-0.2, -0.15) is 0 Å². The number of hydrogen-bond acceptors (Lipinski definition) is 7. The first kappa shape index (κ1) is 28.1. The van der Waals surface area contributed by atoms with E-state index in [0.717, 1.165) is 18.5 Å². The summed E-state index contributed by atoms with van der Waals surface area (Å²) in [4.78, 5) is 26.6. The van der Waals surface area contributed by atoms with Crippen LogP contribution >= 0.6 is 0 Å². The van der Waals surface area contributed by atoms with Crippen molar-refractivity contribution in [2.24, 2.45) is 5.92 Å². The summed E-state index contributed by atoms with van der Waals surface area (Å²) >= 11 is 0. The predicted octanol–water partition coefficient (Wildman–Crippen LogP) is 2.21. The van der Waals surface area contributed by atoms with E-state index in [9.17, 15) is 9.59 Å². The van der Waals surface area contributed by atoms with Gasteiger partial charge in [0.25, 0.3) is 5.91 Å². The van der Waals surface area contributed by atoms with E-state index in [2.05, 4.69) is 17.4 Å².